The van der Waals surface area contributed by atoms with Crippen molar-refractivity contribution in [2.75, 3.05) is 0 Å². The lowest BCUT2D eigenvalue weighted by Gasteiger charge is -2.09. The first-order chi connectivity index (χ1) is 8.63. The molecule has 0 fully saturated rings. The number of furan rings is 1. The quantitative estimate of drug-likeness (QED) is 0.550. The second-order valence-electron chi connectivity index (χ2n) is 5.64. The van der Waals surface area contributed by atoms with Crippen LogP contribution in [-0.2, 0) is 12.8 Å². The van der Waals surface area contributed by atoms with Gasteiger partial charge in [-0.15, -0.1) is 0 Å². The van der Waals surface area contributed by atoms with Crippen molar-refractivity contribution in [1.29, 1.82) is 0 Å². The molecule has 0 saturated heterocycles. The minimum absolute atomic E-state index is 0.701. The summed E-state index contributed by atoms with van der Waals surface area (Å²) in [6.07, 6.45) is 11.4. The van der Waals surface area contributed by atoms with Gasteiger partial charge in [-0.2, -0.15) is 0 Å². The Labute approximate surface area is 112 Å². The minimum Gasteiger partial charge on any atom is -0.469 e. The van der Waals surface area contributed by atoms with Gasteiger partial charge in [-0.1, -0.05) is 31.9 Å². The zero-order valence-electron chi connectivity index (χ0n) is 12.5. The molecule has 0 aliphatic carbocycles. The van der Waals surface area contributed by atoms with Gasteiger partial charge < -0.3 is 4.42 Å². The van der Waals surface area contributed by atoms with Crippen LogP contribution in [0.1, 0.15) is 64.7 Å². The summed E-state index contributed by atoms with van der Waals surface area (Å²) in [5.41, 5.74) is 2.84. The monoisotopic (exact) mass is 248 g/mol. The molecule has 1 aromatic rings. The third kappa shape index (κ3) is 5.57. The fourth-order valence-electron chi connectivity index (χ4n) is 2.21. The van der Waals surface area contributed by atoms with E-state index in [1.165, 1.54) is 49.0 Å². The highest BCUT2D eigenvalue weighted by atomic mass is 16.3. The molecule has 0 spiro atoms. The summed E-state index contributed by atoms with van der Waals surface area (Å²) in [6.45, 7) is 8.90. The van der Waals surface area contributed by atoms with Crippen molar-refractivity contribution in [3.8, 4) is 0 Å². The van der Waals surface area contributed by atoms with E-state index in [1.54, 1.807) is 0 Å². The number of hydrogen-bond acceptors (Lipinski definition) is 1. The van der Waals surface area contributed by atoms with Crippen LogP contribution in [0.2, 0.25) is 0 Å². The van der Waals surface area contributed by atoms with E-state index in [1.807, 2.05) is 6.26 Å². The Morgan fingerprint density at radius 3 is 2.83 bits per heavy atom. The van der Waals surface area contributed by atoms with Crippen LogP contribution in [0.15, 0.2) is 28.4 Å². The molecule has 1 atom stereocenters. The Bertz CT molecular complexity index is 355. The van der Waals surface area contributed by atoms with Crippen molar-refractivity contribution in [3.05, 3.63) is 35.3 Å². The van der Waals surface area contributed by atoms with Gasteiger partial charge >= 0.3 is 0 Å². The first kappa shape index (κ1) is 15.1. The van der Waals surface area contributed by atoms with E-state index in [2.05, 4.69) is 39.8 Å². The highest BCUT2D eigenvalue weighted by Crippen LogP contribution is 2.20. The molecule has 0 aliphatic heterocycles. The Morgan fingerprint density at radius 1 is 1.39 bits per heavy atom. The lowest BCUT2D eigenvalue weighted by Crippen LogP contribution is -2.01. The molecule has 1 aromatic heterocycles. The fourth-order valence-corrected chi connectivity index (χ4v) is 2.21. The lowest BCUT2D eigenvalue weighted by atomic mass is 9.97. The van der Waals surface area contributed by atoms with Crippen molar-refractivity contribution in [1.82, 2.24) is 0 Å². The third-order valence-electron chi connectivity index (χ3n) is 3.38. The molecule has 102 valence electrons. The molecule has 18 heavy (non-hydrogen) atoms. The topological polar surface area (TPSA) is 13.1 Å². The van der Waals surface area contributed by atoms with Gasteiger partial charge in [-0.25, -0.2) is 0 Å². The maximum absolute atomic E-state index is 5.64. The Morgan fingerprint density at radius 2 is 2.17 bits per heavy atom. The molecule has 1 nitrogen and oxygen atoms in total. The van der Waals surface area contributed by atoms with E-state index in [4.69, 9.17) is 4.42 Å². The van der Waals surface area contributed by atoms with E-state index in [0.717, 1.165) is 6.42 Å². The number of hydrogen-bond donors (Lipinski definition) is 0. The first-order valence-electron chi connectivity index (χ1n) is 7.32. The van der Waals surface area contributed by atoms with Gasteiger partial charge in [-0.05, 0) is 57.1 Å². The van der Waals surface area contributed by atoms with E-state index >= 15 is 0 Å². The number of rotatable bonds is 8. The second-order valence-corrected chi connectivity index (χ2v) is 5.64. The van der Waals surface area contributed by atoms with Crippen molar-refractivity contribution in [2.24, 2.45) is 5.92 Å². The molecule has 0 aromatic carbocycles. The van der Waals surface area contributed by atoms with Gasteiger partial charge in [0.2, 0.25) is 0 Å². The molecule has 0 amide bonds. The zero-order valence-corrected chi connectivity index (χ0v) is 12.5. The average Bonchev–Trinajstić information content (AvgIpc) is 2.73. The maximum Gasteiger partial charge on any atom is 0.107 e. The molecule has 1 heteroatoms. The average molecular weight is 248 g/mol. The highest BCUT2D eigenvalue weighted by Gasteiger charge is 2.10. The van der Waals surface area contributed by atoms with E-state index in [-0.39, 0.29) is 0 Å². The van der Waals surface area contributed by atoms with Gasteiger partial charge in [-0.3, -0.25) is 0 Å². The van der Waals surface area contributed by atoms with Crippen LogP contribution in [0.5, 0.6) is 0 Å². The second kappa shape index (κ2) is 8.18. The normalized spacial score (nSPS) is 12.4. The van der Waals surface area contributed by atoms with Crippen LogP contribution in [0.3, 0.4) is 0 Å². The molecule has 0 bridgehead atoms. The summed E-state index contributed by atoms with van der Waals surface area (Å²) in [6, 6.07) is 2.15. The predicted octanol–water partition coefficient (Wildman–Crippen LogP) is 5.55. The Kier molecular flexibility index (Phi) is 6.85. The van der Waals surface area contributed by atoms with Crippen LogP contribution in [0, 0.1) is 5.92 Å². The van der Waals surface area contributed by atoms with Crippen molar-refractivity contribution in [2.45, 2.75) is 66.2 Å². The number of allylic oxidation sites excluding steroid dienone is 2. The summed E-state index contributed by atoms with van der Waals surface area (Å²) in [5.74, 6) is 1.92. The molecular formula is C17H28O. The highest BCUT2D eigenvalue weighted by molar-refractivity contribution is 5.17. The predicted molar refractivity (Wildman–Crippen MR) is 78.9 cm³/mol. The van der Waals surface area contributed by atoms with Crippen LogP contribution in [0.25, 0.3) is 0 Å². The van der Waals surface area contributed by atoms with Crippen LogP contribution in [0.4, 0.5) is 0 Å². The molecule has 0 saturated carbocycles. The molecular weight excluding hydrogens is 220 g/mol. The first-order valence-corrected chi connectivity index (χ1v) is 7.32. The smallest absolute Gasteiger partial charge is 0.107 e. The van der Waals surface area contributed by atoms with E-state index < -0.39 is 0 Å². The molecule has 1 heterocycles. The number of aryl methyl sites for hydroxylation is 1. The molecule has 0 N–H and O–H groups in total. The van der Waals surface area contributed by atoms with Crippen LogP contribution >= 0.6 is 0 Å². The van der Waals surface area contributed by atoms with Crippen molar-refractivity contribution >= 4 is 0 Å². The van der Waals surface area contributed by atoms with Crippen LogP contribution in [-0.4, -0.2) is 0 Å². The van der Waals surface area contributed by atoms with E-state index in [9.17, 15) is 0 Å². The maximum atomic E-state index is 5.64. The molecule has 0 unspecified atom stereocenters. The SMILES string of the molecule is CCCCc1ccoc1C[C@H](C)CCC=C(C)C. The summed E-state index contributed by atoms with van der Waals surface area (Å²) < 4.78 is 5.64. The van der Waals surface area contributed by atoms with Gasteiger partial charge in [0.1, 0.15) is 5.76 Å². The lowest BCUT2D eigenvalue weighted by molar-refractivity contribution is 0.438. The molecule has 0 radical (unpaired) electrons. The van der Waals surface area contributed by atoms with Crippen molar-refractivity contribution in [3.63, 3.8) is 0 Å². The standard InChI is InChI=1S/C17H28O/c1-5-6-10-16-11-12-18-17(16)13-15(4)9-7-8-14(2)3/h8,11-12,15H,5-7,9-10,13H2,1-4H3/t15-/m1/s1. The summed E-state index contributed by atoms with van der Waals surface area (Å²) in [4.78, 5) is 0. The van der Waals surface area contributed by atoms with Gasteiger partial charge in [0, 0.05) is 6.42 Å². The zero-order chi connectivity index (χ0) is 13.4. The van der Waals surface area contributed by atoms with Crippen molar-refractivity contribution < 1.29 is 4.42 Å². The van der Waals surface area contributed by atoms with Crippen LogP contribution < -0.4 is 0 Å². The summed E-state index contributed by atoms with van der Waals surface area (Å²) in [7, 11) is 0. The Hall–Kier alpha value is -0.980. The number of unbranched alkanes of at least 4 members (excludes halogenated alkanes) is 1. The third-order valence-corrected chi connectivity index (χ3v) is 3.38. The fraction of sp³-hybridized carbons (Fsp3) is 0.647. The van der Waals surface area contributed by atoms with E-state index in [0.29, 0.717) is 5.92 Å². The summed E-state index contributed by atoms with van der Waals surface area (Å²) >= 11 is 0. The van der Waals surface area contributed by atoms with Gasteiger partial charge in [0.15, 0.2) is 0 Å². The Balaban J connectivity index is 2.41. The van der Waals surface area contributed by atoms with Gasteiger partial charge in [0.25, 0.3) is 0 Å². The van der Waals surface area contributed by atoms with Gasteiger partial charge in [0.05, 0.1) is 6.26 Å². The summed E-state index contributed by atoms with van der Waals surface area (Å²) in [5, 5.41) is 0. The largest absolute Gasteiger partial charge is 0.469 e. The molecule has 1 rings (SSSR count). The minimum atomic E-state index is 0.701. The molecule has 0 aliphatic rings.